The Labute approximate surface area is 170 Å². The number of para-hydroxylation sites is 1. The van der Waals surface area contributed by atoms with Gasteiger partial charge in [-0.05, 0) is 42.3 Å². The number of rotatable bonds is 6. The Hall–Kier alpha value is -3.52. The van der Waals surface area contributed by atoms with Crippen LogP contribution in [-0.4, -0.2) is 15.8 Å². The summed E-state index contributed by atoms with van der Waals surface area (Å²) in [4.78, 5) is 29.9. The Morgan fingerprint density at radius 2 is 1.97 bits per heavy atom. The molecular weight excluding hydrogens is 390 g/mol. The van der Waals surface area contributed by atoms with Gasteiger partial charge >= 0.3 is 0 Å². The largest absolute Gasteiger partial charge is 0.467 e. The SMILES string of the molecule is CCc1cccc2sc(N(Cc3ccco3)C(=O)c3ccc([N+](=O)[O-])cc3)nc12. The van der Waals surface area contributed by atoms with Crippen LogP contribution in [0.15, 0.2) is 65.3 Å². The maximum Gasteiger partial charge on any atom is 0.269 e. The standard InChI is InChI=1S/C21H17N3O4S/c1-2-14-5-3-7-18-19(14)22-21(29-18)23(13-17-6-4-12-28-17)20(25)15-8-10-16(11-9-15)24(26)27/h3-12H,2,13H2,1H3. The number of carbonyl (C=O) groups excluding carboxylic acids is 1. The summed E-state index contributed by atoms with van der Waals surface area (Å²) >= 11 is 1.43. The topological polar surface area (TPSA) is 89.5 Å². The van der Waals surface area contributed by atoms with Crippen molar-refractivity contribution in [1.82, 2.24) is 4.98 Å². The van der Waals surface area contributed by atoms with Gasteiger partial charge in [0.2, 0.25) is 0 Å². The summed E-state index contributed by atoms with van der Waals surface area (Å²) in [5.74, 6) is 0.323. The first kappa shape index (κ1) is 18.8. The Bertz CT molecular complexity index is 1170. The quantitative estimate of drug-likeness (QED) is 0.323. The average Bonchev–Trinajstić information content (AvgIpc) is 3.40. The van der Waals surface area contributed by atoms with Gasteiger partial charge in [0.15, 0.2) is 5.13 Å². The third kappa shape index (κ3) is 3.74. The van der Waals surface area contributed by atoms with Crippen LogP contribution < -0.4 is 4.90 Å². The smallest absolute Gasteiger partial charge is 0.269 e. The highest BCUT2D eigenvalue weighted by atomic mass is 32.1. The fraction of sp³-hybridized carbons (Fsp3) is 0.143. The molecule has 1 amide bonds. The van der Waals surface area contributed by atoms with Crippen LogP contribution in [-0.2, 0) is 13.0 Å². The minimum absolute atomic E-state index is 0.0632. The molecule has 0 N–H and O–H groups in total. The number of nitrogens with zero attached hydrogens (tertiary/aromatic N) is 3. The third-order valence-corrected chi connectivity index (χ3v) is 5.61. The molecule has 4 rings (SSSR count). The number of amides is 1. The summed E-state index contributed by atoms with van der Waals surface area (Å²) in [7, 11) is 0. The normalized spacial score (nSPS) is 10.9. The first-order chi connectivity index (χ1) is 14.1. The molecule has 2 aromatic heterocycles. The van der Waals surface area contributed by atoms with Crippen molar-refractivity contribution < 1.29 is 14.1 Å². The Kier molecular flexibility index (Phi) is 5.09. The summed E-state index contributed by atoms with van der Waals surface area (Å²) in [6, 6.07) is 15.1. The minimum atomic E-state index is -0.491. The lowest BCUT2D eigenvalue weighted by molar-refractivity contribution is -0.384. The van der Waals surface area contributed by atoms with Crippen LogP contribution in [0.3, 0.4) is 0 Å². The van der Waals surface area contributed by atoms with Gasteiger partial charge in [-0.15, -0.1) is 0 Å². The summed E-state index contributed by atoms with van der Waals surface area (Å²) in [6.07, 6.45) is 2.40. The molecule has 0 aliphatic rings. The molecule has 2 heterocycles. The van der Waals surface area contributed by atoms with Gasteiger partial charge in [0.25, 0.3) is 11.6 Å². The number of aromatic nitrogens is 1. The van der Waals surface area contributed by atoms with Crippen molar-refractivity contribution in [2.75, 3.05) is 4.90 Å². The number of nitro benzene ring substituents is 1. The zero-order chi connectivity index (χ0) is 20.4. The fourth-order valence-electron chi connectivity index (χ4n) is 3.06. The second-order valence-electron chi connectivity index (χ2n) is 6.39. The number of aryl methyl sites for hydroxylation is 1. The number of hydrogen-bond donors (Lipinski definition) is 0. The van der Waals surface area contributed by atoms with Gasteiger partial charge in [0.05, 0.1) is 27.9 Å². The van der Waals surface area contributed by atoms with E-state index in [1.54, 1.807) is 23.3 Å². The highest BCUT2D eigenvalue weighted by Gasteiger charge is 2.23. The van der Waals surface area contributed by atoms with Crippen LogP contribution in [0, 0.1) is 10.1 Å². The predicted molar refractivity (Wildman–Crippen MR) is 111 cm³/mol. The van der Waals surface area contributed by atoms with Crippen molar-refractivity contribution >= 4 is 38.3 Å². The molecule has 146 valence electrons. The number of benzene rings is 2. The van der Waals surface area contributed by atoms with Crippen LogP contribution in [0.5, 0.6) is 0 Å². The molecule has 4 aromatic rings. The van der Waals surface area contributed by atoms with E-state index in [-0.39, 0.29) is 18.1 Å². The number of hydrogen-bond acceptors (Lipinski definition) is 6. The lowest BCUT2D eigenvalue weighted by Crippen LogP contribution is -2.30. The fourth-order valence-corrected chi connectivity index (χ4v) is 4.07. The van der Waals surface area contributed by atoms with Crippen molar-refractivity contribution in [2.24, 2.45) is 0 Å². The van der Waals surface area contributed by atoms with Crippen molar-refractivity contribution in [3.05, 3.63) is 87.9 Å². The molecule has 0 saturated carbocycles. The van der Waals surface area contributed by atoms with E-state index in [4.69, 9.17) is 9.40 Å². The van der Waals surface area contributed by atoms with Gasteiger partial charge < -0.3 is 4.42 Å². The molecule has 8 heteroatoms. The maximum absolute atomic E-state index is 13.3. The third-order valence-electron chi connectivity index (χ3n) is 4.57. The molecule has 0 aliphatic carbocycles. The van der Waals surface area contributed by atoms with Crippen LogP contribution >= 0.6 is 11.3 Å². The van der Waals surface area contributed by atoms with Gasteiger partial charge in [-0.1, -0.05) is 30.4 Å². The monoisotopic (exact) mass is 407 g/mol. The van der Waals surface area contributed by atoms with Crippen molar-refractivity contribution in [2.45, 2.75) is 19.9 Å². The molecule has 0 spiro atoms. The molecule has 0 atom stereocenters. The van der Waals surface area contributed by atoms with E-state index in [0.29, 0.717) is 16.5 Å². The van der Waals surface area contributed by atoms with E-state index < -0.39 is 4.92 Å². The Morgan fingerprint density at radius 1 is 1.17 bits per heavy atom. The molecule has 0 bridgehead atoms. The van der Waals surface area contributed by atoms with Gasteiger partial charge in [-0.2, -0.15) is 0 Å². The average molecular weight is 407 g/mol. The summed E-state index contributed by atoms with van der Waals surface area (Å²) in [5.41, 5.74) is 2.28. The van der Waals surface area contributed by atoms with E-state index in [2.05, 4.69) is 6.92 Å². The zero-order valence-corrected chi connectivity index (χ0v) is 16.4. The second-order valence-corrected chi connectivity index (χ2v) is 7.40. The first-order valence-electron chi connectivity index (χ1n) is 9.04. The molecule has 0 radical (unpaired) electrons. The highest BCUT2D eigenvalue weighted by Crippen LogP contribution is 2.33. The van der Waals surface area contributed by atoms with Gasteiger partial charge in [0, 0.05) is 17.7 Å². The number of non-ortho nitro benzene ring substituents is 1. The van der Waals surface area contributed by atoms with Crippen molar-refractivity contribution in [3.63, 3.8) is 0 Å². The molecule has 2 aromatic carbocycles. The van der Waals surface area contributed by atoms with E-state index in [0.717, 1.165) is 22.2 Å². The number of fused-ring (bicyclic) bond motifs is 1. The summed E-state index contributed by atoms with van der Waals surface area (Å²) in [5, 5.41) is 11.5. The van der Waals surface area contributed by atoms with Crippen LogP contribution in [0.25, 0.3) is 10.2 Å². The lowest BCUT2D eigenvalue weighted by atomic mass is 10.1. The zero-order valence-electron chi connectivity index (χ0n) is 15.6. The highest BCUT2D eigenvalue weighted by molar-refractivity contribution is 7.22. The second kappa shape index (κ2) is 7.84. The molecule has 7 nitrogen and oxygen atoms in total. The maximum atomic E-state index is 13.3. The van der Waals surface area contributed by atoms with E-state index >= 15 is 0 Å². The van der Waals surface area contributed by atoms with Gasteiger partial charge in [-0.3, -0.25) is 19.8 Å². The molecule has 0 fully saturated rings. The van der Waals surface area contributed by atoms with E-state index in [9.17, 15) is 14.9 Å². The summed E-state index contributed by atoms with van der Waals surface area (Å²) in [6.45, 7) is 2.28. The number of anilines is 1. The molecular formula is C21H17N3O4S. The van der Waals surface area contributed by atoms with Gasteiger partial charge in [-0.25, -0.2) is 4.98 Å². The Balaban J connectivity index is 1.75. The van der Waals surface area contributed by atoms with Gasteiger partial charge in [0.1, 0.15) is 5.76 Å². The van der Waals surface area contributed by atoms with Crippen molar-refractivity contribution in [3.8, 4) is 0 Å². The van der Waals surface area contributed by atoms with Crippen molar-refractivity contribution in [1.29, 1.82) is 0 Å². The minimum Gasteiger partial charge on any atom is -0.467 e. The molecule has 0 unspecified atom stereocenters. The van der Waals surface area contributed by atoms with Crippen LogP contribution in [0.4, 0.5) is 10.8 Å². The molecule has 29 heavy (non-hydrogen) atoms. The first-order valence-corrected chi connectivity index (χ1v) is 9.85. The number of nitro groups is 1. The summed E-state index contributed by atoms with van der Waals surface area (Å²) < 4.78 is 6.43. The van der Waals surface area contributed by atoms with Crippen LogP contribution in [0.1, 0.15) is 28.6 Å². The van der Waals surface area contributed by atoms with Crippen LogP contribution in [0.2, 0.25) is 0 Å². The molecule has 0 saturated heterocycles. The number of furan rings is 1. The predicted octanol–water partition coefficient (Wildman–Crippen LogP) is 5.21. The Morgan fingerprint density at radius 3 is 2.62 bits per heavy atom. The lowest BCUT2D eigenvalue weighted by Gasteiger charge is -2.18. The number of carbonyl (C=O) groups is 1. The number of thiazole rings is 1. The van der Waals surface area contributed by atoms with E-state index in [1.165, 1.54) is 35.6 Å². The molecule has 0 aliphatic heterocycles. The van der Waals surface area contributed by atoms with E-state index in [1.807, 2.05) is 18.2 Å².